The third-order valence-electron chi connectivity index (χ3n) is 3.41. The Morgan fingerprint density at radius 2 is 1.88 bits per heavy atom. The van der Waals surface area contributed by atoms with Gasteiger partial charge < -0.3 is 15.2 Å². The van der Waals surface area contributed by atoms with Gasteiger partial charge in [-0.2, -0.15) is 0 Å². The Morgan fingerprint density at radius 1 is 1.29 bits per heavy atom. The predicted molar refractivity (Wildman–Crippen MR) is 66.7 cm³/mol. The molecule has 1 fully saturated rings. The Hall–Kier alpha value is -0.610. The van der Waals surface area contributed by atoms with Crippen LogP contribution in [0, 0.1) is 5.92 Å². The number of nitrogens with one attached hydrogen (secondary N) is 1. The molecular weight excluding hydrogens is 218 g/mol. The van der Waals surface area contributed by atoms with Gasteiger partial charge in [-0.25, -0.2) is 0 Å². The Balaban J connectivity index is 2.37. The predicted octanol–water partition coefficient (Wildman–Crippen LogP) is 1.47. The fourth-order valence-corrected chi connectivity index (χ4v) is 2.38. The SMILES string of the molecule is COCC(CO)NC(=O)C1CCCCCCC1. The lowest BCUT2D eigenvalue weighted by Gasteiger charge is -2.22. The van der Waals surface area contributed by atoms with E-state index in [1.165, 1.54) is 19.3 Å². The lowest BCUT2D eigenvalue weighted by atomic mass is 9.90. The van der Waals surface area contributed by atoms with Crippen molar-refractivity contribution in [2.75, 3.05) is 20.3 Å². The number of hydrogen-bond acceptors (Lipinski definition) is 3. The van der Waals surface area contributed by atoms with E-state index in [1.54, 1.807) is 7.11 Å². The lowest BCUT2D eigenvalue weighted by Crippen LogP contribution is -2.43. The first-order chi connectivity index (χ1) is 8.27. The summed E-state index contributed by atoms with van der Waals surface area (Å²) in [5, 5.41) is 12.0. The van der Waals surface area contributed by atoms with E-state index >= 15 is 0 Å². The van der Waals surface area contributed by atoms with Crippen molar-refractivity contribution < 1.29 is 14.6 Å². The number of carbonyl (C=O) groups excluding carboxylic acids is 1. The molecule has 0 aromatic heterocycles. The molecule has 1 amide bonds. The van der Waals surface area contributed by atoms with Gasteiger partial charge in [0.25, 0.3) is 0 Å². The third-order valence-corrected chi connectivity index (χ3v) is 3.41. The summed E-state index contributed by atoms with van der Waals surface area (Å²) < 4.78 is 4.95. The smallest absolute Gasteiger partial charge is 0.223 e. The van der Waals surface area contributed by atoms with Crippen molar-refractivity contribution in [3.8, 4) is 0 Å². The summed E-state index contributed by atoms with van der Waals surface area (Å²) in [6.07, 6.45) is 8.04. The number of aliphatic hydroxyl groups is 1. The molecule has 0 spiro atoms. The Labute approximate surface area is 104 Å². The molecule has 4 nitrogen and oxygen atoms in total. The maximum atomic E-state index is 12.0. The maximum absolute atomic E-state index is 12.0. The largest absolute Gasteiger partial charge is 0.394 e. The van der Waals surface area contributed by atoms with E-state index in [0.29, 0.717) is 6.61 Å². The van der Waals surface area contributed by atoms with Gasteiger partial charge in [0, 0.05) is 13.0 Å². The van der Waals surface area contributed by atoms with Crippen molar-refractivity contribution in [1.29, 1.82) is 0 Å². The molecule has 0 saturated heterocycles. The zero-order chi connectivity index (χ0) is 12.5. The molecule has 0 radical (unpaired) electrons. The molecule has 1 saturated carbocycles. The van der Waals surface area contributed by atoms with E-state index < -0.39 is 0 Å². The number of rotatable bonds is 5. The first-order valence-corrected chi connectivity index (χ1v) is 6.68. The molecule has 100 valence electrons. The number of ether oxygens (including phenoxy) is 1. The molecule has 0 bridgehead atoms. The second-order valence-electron chi connectivity index (χ2n) is 4.89. The van der Waals surface area contributed by atoms with Crippen molar-refractivity contribution in [2.24, 2.45) is 5.92 Å². The van der Waals surface area contributed by atoms with Crippen LogP contribution in [0.1, 0.15) is 44.9 Å². The van der Waals surface area contributed by atoms with Gasteiger partial charge in [-0.15, -0.1) is 0 Å². The highest BCUT2D eigenvalue weighted by Crippen LogP contribution is 2.22. The second kappa shape index (κ2) is 8.48. The van der Waals surface area contributed by atoms with Gasteiger partial charge in [-0.1, -0.05) is 32.1 Å². The van der Waals surface area contributed by atoms with Gasteiger partial charge in [0.2, 0.25) is 5.91 Å². The molecule has 4 heteroatoms. The molecule has 2 N–H and O–H groups in total. The molecule has 0 heterocycles. The number of methoxy groups -OCH3 is 1. The van der Waals surface area contributed by atoms with E-state index in [2.05, 4.69) is 5.32 Å². The van der Waals surface area contributed by atoms with Gasteiger partial charge in [-0.05, 0) is 12.8 Å². The molecule has 1 aliphatic carbocycles. The van der Waals surface area contributed by atoms with E-state index in [4.69, 9.17) is 9.84 Å². The lowest BCUT2D eigenvalue weighted by molar-refractivity contribution is -0.127. The molecular formula is C13H25NO3. The van der Waals surface area contributed by atoms with Gasteiger partial charge in [0.1, 0.15) is 0 Å². The molecule has 0 aromatic rings. The number of aliphatic hydroxyl groups excluding tert-OH is 1. The van der Waals surface area contributed by atoms with E-state index in [1.807, 2.05) is 0 Å². The summed E-state index contributed by atoms with van der Waals surface area (Å²) in [7, 11) is 1.57. The minimum absolute atomic E-state index is 0.0632. The highest BCUT2D eigenvalue weighted by Gasteiger charge is 2.21. The average molecular weight is 243 g/mol. The second-order valence-corrected chi connectivity index (χ2v) is 4.89. The van der Waals surface area contributed by atoms with E-state index in [-0.39, 0.29) is 24.5 Å². The van der Waals surface area contributed by atoms with Crippen molar-refractivity contribution in [1.82, 2.24) is 5.32 Å². The molecule has 1 rings (SSSR count). The summed E-state index contributed by atoms with van der Waals surface area (Å²) in [6.45, 7) is 0.307. The summed E-state index contributed by atoms with van der Waals surface area (Å²) in [5.41, 5.74) is 0. The van der Waals surface area contributed by atoms with Gasteiger partial charge >= 0.3 is 0 Å². The van der Waals surface area contributed by atoms with Crippen molar-refractivity contribution in [3.05, 3.63) is 0 Å². The minimum atomic E-state index is -0.266. The Bertz CT molecular complexity index is 213. The molecule has 17 heavy (non-hydrogen) atoms. The summed E-state index contributed by atoms with van der Waals surface area (Å²) in [5.74, 6) is 0.212. The Morgan fingerprint density at radius 3 is 2.41 bits per heavy atom. The molecule has 0 aromatic carbocycles. The first kappa shape index (κ1) is 14.5. The molecule has 0 aliphatic heterocycles. The topological polar surface area (TPSA) is 58.6 Å². The molecule has 1 aliphatic rings. The fraction of sp³-hybridized carbons (Fsp3) is 0.923. The van der Waals surface area contributed by atoms with Crippen LogP contribution in [0.2, 0.25) is 0 Å². The molecule has 1 unspecified atom stereocenters. The highest BCUT2D eigenvalue weighted by atomic mass is 16.5. The van der Waals surface area contributed by atoms with Crippen molar-refractivity contribution >= 4 is 5.91 Å². The van der Waals surface area contributed by atoms with E-state index in [9.17, 15) is 4.79 Å². The van der Waals surface area contributed by atoms with Crippen LogP contribution in [-0.2, 0) is 9.53 Å². The van der Waals surface area contributed by atoms with Crippen molar-refractivity contribution in [3.63, 3.8) is 0 Å². The zero-order valence-corrected chi connectivity index (χ0v) is 10.8. The average Bonchev–Trinajstić information content (AvgIpc) is 2.27. The quantitative estimate of drug-likeness (QED) is 0.768. The maximum Gasteiger partial charge on any atom is 0.223 e. The van der Waals surface area contributed by atoms with Crippen LogP contribution >= 0.6 is 0 Å². The van der Waals surface area contributed by atoms with Crippen LogP contribution in [0.5, 0.6) is 0 Å². The third kappa shape index (κ3) is 5.50. The van der Waals surface area contributed by atoms with Crippen LogP contribution in [0.4, 0.5) is 0 Å². The summed E-state index contributed by atoms with van der Waals surface area (Å²) >= 11 is 0. The van der Waals surface area contributed by atoms with E-state index in [0.717, 1.165) is 25.7 Å². The highest BCUT2D eigenvalue weighted by molar-refractivity contribution is 5.78. The van der Waals surface area contributed by atoms with Gasteiger partial charge in [-0.3, -0.25) is 4.79 Å². The van der Waals surface area contributed by atoms with Crippen LogP contribution < -0.4 is 5.32 Å². The monoisotopic (exact) mass is 243 g/mol. The Kier molecular flexibility index (Phi) is 7.21. The standard InChI is InChI=1S/C13H25NO3/c1-17-10-12(9-15)14-13(16)11-7-5-3-2-4-6-8-11/h11-12,15H,2-10H2,1H3,(H,14,16). The normalized spacial score (nSPS) is 20.4. The van der Waals surface area contributed by atoms with Crippen LogP contribution in [-0.4, -0.2) is 37.4 Å². The van der Waals surface area contributed by atoms with Crippen molar-refractivity contribution in [2.45, 2.75) is 51.0 Å². The van der Waals surface area contributed by atoms with Crippen LogP contribution in [0.15, 0.2) is 0 Å². The minimum Gasteiger partial charge on any atom is -0.394 e. The zero-order valence-electron chi connectivity index (χ0n) is 10.8. The van der Waals surface area contributed by atoms with Gasteiger partial charge in [0.05, 0.1) is 19.3 Å². The number of amides is 1. The molecule has 1 atom stereocenters. The van der Waals surface area contributed by atoms with Crippen LogP contribution in [0.25, 0.3) is 0 Å². The summed E-state index contributed by atoms with van der Waals surface area (Å²) in [4.78, 5) is 12.0. The number of hydrogen-bond donors (Lipinski definition) is 2. The fourth-order valence-electron chi connectivity index (χ4n) is 2.38. The van der Waals surface area contributed by atoms with Crippen LogP contribution in [0.3, 0.4) is 0 Å². The first-order valence-electron chi connectivity index (χ1n) is 6.68. The summed E-state index contributed by atoms with van der Waals surface area (Å²) in [6, 6.07) is -0.266. The van der Waals surface area contributed by atoms with Gasteiger partial charge in [0.15, 0.2) is 0 Å². The number of carbonyl (C=O) groups is 1.